The maximum atomic E-state index is 13.0. The van der Waals surface area contributed by atoms with Crippen LogP contribution in [0.25, 0.3) is 0 Å². The maximum absolute atomic E-state index is 13.0. The molecule has 4 atom stereocenters. The lowest BCUT2D eigenvalue weighted by atomic mass is 10.00. The van der Waals surface area contributed by atoms with Crippen molar-refractivity contribution in [1.29, 1.82) is 0 Å². The Morgan fingerprint density at radius 3 is 2.24 bits per heavy atom. The molecule has 1 N–H and O–H groups in total. The second kappa shape index (κ2) is 9.89. The van der Waals surface area contributed by atoms with E-state index >= 15 is 0 Å². The van der Waals surface area contributed by atoms with Gasteiger partial charge >= 0.3 is 6.09 Å². The van der Waals surface area contributed by atoms with Crippen molar-refractivity contribution in [3.05, 3.63) is 84.4 Å². The minimum absolute atomic E-state index is 0.115. The van der Waals surface area contributed by atoms with E-state index < -0.39 is 30.4 Å². The van der Waals surface area contributed by atoms with Gasteiger partial charge < -0.3 is 14.6 Å². The number of nitrogens with zero attached hydrogens (tertiary/aromatic N) is 1. The average molecular weight is 395 g/mol. The number of carbonyl (C=O) groups excluding carboxylic acids is 2. The molecule has 2 aromatic carbocycles. The van der Waals surface area contributed by atoms with Crippen molar-refractivity contribution in [2.24, 2.45) is 0 Å². The van der Waals surface area contributed by atoms with Gasteiger partial charge in [-0.15, -0.1) is 6.58 Å². The van der Waals surface area contributed by atoms with E-state index in [0.717, 1.165) is 11.1 Å². The Balaban J connectivity index is 1.85. The van der Waals surface area contributed by atoms with Crippen LogP contribution in [-0.4, -0.2) is 46.9 Å². The predicted molar refractivity (Wildman–Crippen MR) is 108 cm³/mol. The molecule has 0 aliphatic carbocycles. The van der Waals surface area contributed by atoms with Crippen LogP contribution in [0.1, 0.15) is 17.5 Å². The lowest BCUT2D eigenvalue weighted by Crippen LogP contribution is -2.45. The smallest absolute Gasteiger partial charge is 0.410 e. The summed E-state index contributed by atoms with van der Waals surface area (Å²) in [7, 11) is 0. The lowest BCUT2D eigenvalue weighted by molar-refractivity contribution is -0.139. The van der Waals surface area contributed by atoms with E-state index in [9.17, 15) is 14.7 Å². The molecule has 1 aliphatic heterocycles. The summed E-state index contributed by atoms with van der Waals surface area (Å²) in [6.07, 6.45) is -0.0274. The van der Waals surface area contributed by atoms with Gasteiger partial charge in [0.2, 0.25) is 0 Å². The molecule has 1 fully saturated rings. The molecule has 1 heterocycles. The second-order valence-corrected chi connectivity index (χ2v) is 6.98. The van der Waals surface area contributed by atoms with Crippen molar-refractivity contribution in [3.8, 4) is 0 Å². The molecular formula is C23H25NO5. The van der Waals surface area contributed by atoms with Crippen molar-refractivity contribution < 1.29 is 24.2 Å². The van der Waals surface area contributed by atoms with E-state index in [0.29, 0.717) is 19.3 Å². The van der Waals surface area contributed by atoms with Gasteiger partial charge in [-0.1, -0.05) is 66.7 Å². The van der Waals surface area contributed by atoms with Crippen molar-refractivity contribution in [2.75, 3.05) is 0 Å². The fraction of sp³-hybridized carbons (Fsp3) is 0.304. The molecule has 0 saturated carbocycles. The summed E-state index contributed by atoms with van der Waals surface area (Å²) in [5.41, 5.74) is 1.82. The molecule has 0 unspecified atom stereocenters. The third-order valence-corrected chi connectivity index (χ3v) is 5.15. The number of aliphatic hydroxyl groups excluding tert-OH is 1. The third kappa shape index (κ3) is 4.84. The molecule has 1 saturated heterocycles. The quantitative estimate of drug-likeness (QED) is 0.549. The zero-order chi connectivity index (χ0) is 20.6. The number of likely N-dealkylation sites (tertiary alicyclic amines) is 1. The SMILES string of the molecule is C=CC[C@@H]1[C@H](O)[C@@H](OC=O)[C@@H](Cc2ccccc2)N1C(=O)OCc1ccccc1. The summed E-state index contributed by atoms with van der Waals surface area (Å²) in [6.45, 7) is 4.16. The van der Waals surface area contributed by atoms with Gasteiger partial charge in [-0.3, -0.25) is 9.69 Å². The summed E-state index contributed by atoms with van der Waals surface area (Å²) < 4.78 is 10.7. The van der Waals surface area contributed by atoms with Gasteiger partial charge in [-0.2, -0.15) is 0 Å². The van der Waals surface area contributed by atoms with Gasteiger partial charge in [0.15, 0.2) is 6.10 Å². The summed E-state index contributed by atoms with van der Waals surface area (Å²) in [5, 5.41) is 10.8. The number of ether oxygens (including phenoxy) is 2. The van der Waals surface area contributed by atoms with Crippen LogP contribution >= 0.6 is 0 Å². The molecule has 6 nitrogen and oxygen atoms in total. The molecular weight excluding hydrogens is 370 g/mol. The number of amides is 1. The molecule has 2 aromatic rings. The first-order chi connectivity index (χ1) is 14.2. The van der Waals surface area contributed by atoms with Crippen LogP contribution in [-0.2, 0) is 27.3 Å². The van der Waals surface area contributed by atoms with E-state index in [1.54, 1.807) is 6.08 Å². The summed E-state index contributed by atoms with van der Waals surface area (Å²) in [5.74, 6) is 0. The number of carbonyl (C=O) groups is 2. The fourth-order valence-electron chi connectivity index (χ4n) is 3.81. The van der Waals surface area contributed by atoms with E-state index in [1.165, 1.54) is 4.90 Å². The Kier molecular flexibility index (Phi) is 7.03. The number of hydrogen-bond donors (Lipinski definition) is 1. The maximum Gasteiger partial charge on any atom is 0.410 e. The molecule has 1 amide bonds. The molecule has 152 valence electrons. The van der Waals surface area contributed by atoms with Crippen LogP contribution in [0.5, 0.6) is 0 Å². The highest BCUT2D eigenvalue weighted by Gasteiger charge is 2.51. The molecule has 3 rings (SSSR count). The number of hydrogen-bond acceptors (Lipinski definition) is 5. The zero-order valence-corrected chi connectivity index (χ0v) is 16.1. The van der Waals surface area contributed by atoms with Gasteiger partial charge in [0.1, 0.15) is 12.7 Å². The van der Waals surface area contributed by atoms with E-state index in [-0.39, 0.29) is 6.61 Å². The molecule has 0 aromatic heterocycles. The Hall–Kier alpha value is -3.12. The first-order valence-corrected chi connectivity index (χ1v) is 9.56. The van der Waals surface area contributed by atoms with Gasteiger partial charge in [0.05, 0.1) is 12.1 Å². The van der Waals surface area contributed by atoms with Crippen LogP contribution in [0, 0.1) is 0 Å². The van der Waals surface area contributed by atoms with Crippen molar-refractivity contribution in [2.45, 2.75) is 43.7 Å². The fourth-order valence-corrected chi connectivity index (χ4v) is 3.81. The molecule has 0 spiro atoms. The van der Waals surface area contributed by atoms with Crippen molar-refractivity contribution in [3.63, 3.8) is 0 Å². The van der Waals surface area contributed by atoms with Crippen LogP contribution in [0.4, 0.5) is 4.79 Å². The number of rotatable bonds is 8. The van der Waals surface area contributed by atoms with Crippen molar-refractivity contribution in [1.82, 2.24) is 4.90 Å². The summed E-state index contributed by atoms with van der Waals surface area (Å²) in [4.78, 5) is 25.6. The highest BCUT2D eigenvalue weighted by molar-refractivity contribution is 5.69. The number of benzene rings is 2. The van der Waals surface area contributed by atoms with Gasteiger partial charge in [0.25, 0.3) is 6.47 Å². The Morgan fingerprint density at radius 1 is 1.03 bits per heavy atom. The molecule has 0 radical (unpaired) electrons. The molecule has 0 bridgehead atoms. The second-order valence-electron chi connectivity index (χ2n) is 6.98. The largest absolute Gasteiger partial charge is 0.460 e. The first kappa shape index (κ1) is 20.6. The highest BCUT2D eigenvalue weighted by Crippen LogP contribution is 2.32. The van der Waals surface area contributed by atoms with Gasteiger partial charge in [0, 0.05) is 0 Å². The standard InChI is InChI=1S/C23H25NO5/c1-2-9-19-21(26)22(29-16-25)20(14-17-10-5-3-6-11-17)24(19)23(27)28-15-18-12-7-4-8-13-18/h2-8,10-13,16,19-22,26H,1,9,14-15H2/t19-,20-,21+,22+/m1/s1. The Bertz CT molecular complexity index is 811. The molecule has 1 aliphatic rings. The van der Waals surface area contributed by atoms with E-state index in [2.05, 4.69) is 6.58 Å². The normalized spacial score (nSPS) is 23.4. The zero-order valence-electron chi connectivity index (χ0n) is 16.1. The van der Waals surface area contributed by atoms with E-state index in [1.807, 2.05) is 60.7 Å². The summed E-state index contributed by atoms with van der Waals surface area (Å²) >= 11 is 0. The van der Waals surface area contributed by atoms with Gasteiger partial charge in [-0.05, 0) is 24.0 Å². The van der Waals surface area contributed by atoms with Crippen LogP contribution < -0.4 is 0 Å². The lowest BCUT2D eigenvalue weighted by Gasteiger charge is -2.29. The first-order valence-electron chi connectivity index (χ1n) is 9.56. The average Bonchev–Trinajstić information content (AvgIpc) is 3.00. The Morgan fingerprint density at radius 2 is 1.66 bits per heavy atom. The predicted octanol–water partition coefficient (Wildman–Crippen LogP) is 3.10. The minimum Gasteiger partial charge on any atom is -0.460 e. The topological polar surface area (TPSA) is 76.1 Å². The van der Waals surface area contributed by atoms with Crippen LogP contribution in [0.3, 0.4) is 0 Å². The summed E-state index contributed by atoms with van der Waals surface area (Å²) in [6, 6.07) is 17.8. The molecule has 6 heteroatoms. The van der Waals surface area contributed by atoms with Crippen LogP contribution in [0.15, 0.2) is 73.3 Å². The third-order valence-electron chi connectivity index (χ3n) is 5.15. The Labute approximate surface area is 170 Å². The van der Waals surface area contributed by atoms with Crippen molar-refractivity contribution >= 4 is 12.6 Å². The van der Waals surface area contributed by atoms with Gasteiger partial charge in [-0.25, -0.2) is 4.79 Å². The van der Waals surface area contributed by atoms with E-state index in [4.69, 9.17) is 9.47 Å². The van der Waals surface area contributed by atoms with Crippen LogP contribution in [0.2, 0.25) is 0 Å². The minimum atomic E-state index is -1.03. The highest BCUT2D eigenvalue weighted by atomic mass is 16.6. The molecule has 29 heavy (non-hydrogen) atoms. The number of aliphatic hydroxyl groups is 1. The monoisotopic (exact) mass is 395 g/mol.